The first-order chi connectivity index (χ1) is 12.1. The van der Waals surface area contributed by atoms with Crippen molar-refractivity contribution in [2.24, 2.45) is 7.05 Å². The molecule has 8 heteroatoms. The van der Waals surface area contributed by atoms with Crippen LogP contribution in [-0.2, 0) is 24.6 Å². The maximum absolute atomic E-state index is 12.5. The number of carbonyl (C=O) groups is 1. The molecule has 6 nitrogen and oxygen atoms in total. The van der Waals surface area contributed by atoms with Crippen molar-refractivity contribution >= 4 is 45.5 Å². The van der Waals surface area contributed by atoms with Crippen LogP contribution in [0.1, 0.15) is 47.0 Å². The van der Waals surface area contributed by atoms with Gasteiger partial charge in [-0.3, -0.25) is 4.68 Å². The van der Waals surface area contributed by atoms with E-state index in [0.717, 1.165) is 36.2 Å². The van der Waals surface area contributed by atoms with Crippen LogP contribution in [0.2, 0.25) is 0 Å². The van der Waals surface area contributed by atoms with Gasteiger partial charge in [0.2, 0.25) is 0 Å². The lowest BCUT2D eigenvalue weighted by atomic mass is 10.1. The number of rotatable bonds is 4. The largest absolute Gasteiger partial charge is 0.462 e. The number of aryl methyl sites for hydroxylation is 2. The first-order valence-corrected chi connectivity index (χ1v) is 9.70. The van der Waals surface area contributed by atoms with Crippen LogP contribution in [-0.4, -0.2) is 27.5 Å². The highest BCUT2D eigenvalue weighted by molar-refractivity contribution is 7.80. The number of carbonyl (C=O) groups excluding carboxylic acids is 1. The third kappa shape index (κ3) is 4.19. The normalized spacial score (nSPS) is 13.7. The molecular formula is C17H22N4O2S2. The van der Waals surface area contributed by atoms with Crippen molar-refractivity contribution < 1.29 is 9.53 Å². The Kier molecular flexibility index (Phi) is 5.70. The highest BCUT2D eigenvalue weighted by Crippen LogP contribution is 2.38. The summed E-state index contributed by atoms with van der Waals surface area (Å²) < 4.78 is 6.98. The van der Waals surface area contributed by atoms with E-state index in [1.54, 1.807) is 16.0 Å². The SMILES string of the molecule is CCOC(=O)c1c(NC(=S)Nc2ccn(C)n2)sc2c1CCCCC2. The molecule has 0 atom stereocenters. The molecule has 0 fully saturated rings. The Morgan fingerprint density at radius 1 is 1.36 bits per heavy atom. The van der Waals surface area contributed by atoms with Gasteiger partial charge in [0.05, 0.1) is 12.2 Å². The zero-order valence-electron chi connectivity index (χ0n) is 14.4. The predicted molar refractivity (Wildman–Crippen MR) is 105 cm³/mol. The molecule has 0 amide bonds. The van der Waals surface area contributed by atoms with Crippen molar-refractivity contribution in [3.63, 3.8) is 0 Å². The zero-order valence-corrected chi connectivity index (χ0v) is 16.1. The molecule has 25 heavy (non-hydrogen) atoms. The van der Waals surface area contributed by atoms with Crippen molar-refractivity contribution in [1.82, 2.24) is 9.78 Å². The van der Waals surface area contributed by atoms with Gasteiger partial charge in [-0.05, 0) is 50.4 Å². The van der Waals surface area contributed by atoms with E-state index in [9.17, 15) is 4.79 Å². The number of esters is 1. The molecule has 1 aliphatic carbocycles. The average Bonchev–Trinajstić information content (AvgIpc) is 3.03. The van der Waals surface area contributed by atoms with Crippen LogP contribution in [0, 0.1) is 0 Å². The first kappa shape index (κ1) is 17.9. The standard InChI is InChI=1S/C17H22N4O2S2/c1-3-23-16(22)14-11-7-5-4-6-8-12(11)25-15(14)19-17(24)18-13-9-10-21(2)20-13/h9-10H,3-8H2,1-2H3,(H2,18,19,20,24). The molecule has 2 heterocycles. The maximum Gasteiger partial charge on any atom is 0.341 e. The number of fused-ring (bicyclic) bond motifs is 1. The lowest BCUT2D eigenvalue weighted by Crippen LogP contribution is -2.20. The van der Waals surface area contributed by atoms with Gasteiger partial charge in [0.25, 0.3) is 0 Å². The molecule has 0 unspecified atom stereocenters. The minimum Gasteiger partial charge on any atom is -0.462 e. The molecule has 0 spiro atoms. The number of thiocarbonyl (C=S) groups is 1. The first-order valence-electron chi connectivity index (χ1n) is 8.47. The second-order valence-corrected chi connectivity index (χ2v) is 7.46. The summed E-state index contributed by atoms with van der Waals surface area (Å²) in [6.07, 6.45) is 7.23. The Hall–Kier alpha value is -1.93. The maximum atomic E-state index is 12.5. The summed E-state index contributed by atoms with van der Waals surface area (Å²) in [6, 6.07) is 1.84. The van der Waals surface area contributed by atoms with Crippen molar-refractivity contribution in [1.29, 1.82) is 0 Å². The fraction of sp³-hybridized carbons (Fsp3) is 0.471. The topological polar surface area (TPSA) is 68.2 Å². The fourth-order valence-corrected chi connectivity index (χ4v) is 4.54. The molecule has 134 valence electrons. The zero-order chi connectivity index (χ0) is 17.8. The van der Waals surface area contributed by atoms with E-state index in [4.69, 9.17) is 17.0 Å². The summed E-state index contributed by atoms with van der Waals surface area (Å²) >= 11 is 7.00. The number of aromatic nitrogens is 2. The number of hydrogen-bond acceptors (Lipinski definition) is 5. The number of nitrogens with one attached hydrogen (secondary N) is 2. The van der Waals surface area contributed by atoms with E-state index in [0.29, 0.717) is 23.1 Å². The van der Waals surface area contributed by atoms with Crippen molar-refractivity contribution in [2.45, 2.75) is 39.0 Å². The van der Waals surface area contributed by atoms with Gasteiger partial charge >= 0.3 is 5.97 Å². The van der Waals surface area contributed by atoms with Crippen molar-refractivity contribution in [3.05, 3.63) is 28.3 Å². The lowest BCUT2D eigenvalue weighted by Gasteiger charge is -2.10. The summed E-state index contributed by atoms with van der Waals surface area (Å²) in [6.45, 7) is 2.18. The Bertz CT molecular complexity index is 782. The molecule has 2 N–H and O–H groups in total. The van der Waals surface area contributed by atoms with Gasteiger partial charge in [0.1, 0.15) is 5.00 Å². The molecule has 3 rings (SSSR count). The van der Waals surface area contributed by atoms with Gasteiger partial charge in [-0.25, -0.2) is 4.79 Å². The molecule has 0 saturated heterocycles. The molecule has 0 aromatic carbocycles. The van der Waals surface area contributed by atoms with Crippen LogP contribution in [0.3, 0.4) is 0 Å². The number of hydrogen-bond donors (Lipinski definition) is 2. The molecule has 0 saturated carbocycles. The summed E-state index contributed by atoms with van der Waals surface area (Å²) in [7, 11) is 1.84. The Labute approximate surface area is 156 Å². The van der Waals surface area contributed by atoms with E-state index in [2.05, 4.69) is 15.7 Å². The molecule has 2 aromatic rings. The smallest absolute Gasteiger partial charge is 0.341 e. The molecular weight excluding hydrogens is 356 g/mol. The van der Waals surface area contributed by atoms with Gasteiger partial charge in [-0.1, -0.05) is 6.42 Å². The average molecular weight is 379 g/mol. The van der Waals surface area contributed by atoms with E-state index in [1.807, 2.05) is 26.2 Å². The number of thiophene rings is 1. The van der Waals surface area contributed by atoms with E-state index >= 15 is 0 Å². The van der Waals surface area contributed by atoms with Gasteiger partial charge < -0.3 is 15.4 Å². The predicted octanol–water partition coefficient (Wildman–Crippen LogP) is 3.74. The number of ether oxygens (including phenoxy) is 1. The third-order valence-corrected chi connectivity index (χ3v) is 5.49. The van der Waals surface area contributed by atoms with Crippen LogP contribution < -0.4 is 10.6 Å². The highest BCUT2D eigenvalue weighted by Gasteiger charge is 2.26. The summed E-state index contributed by atoms with van der Waals surface area (Å²) in [5.74, 6) is 0.390. The monoisotopic (exact) mass is 378 g/mol. The van der Waals surface area contributed by atoms with Crippen LogP contribution in [0.15, 0.2) is 12.3 Å². The van der Waals surface area contributed by atoms with Gasteiger partial charge in [-0.15, -0.1) is 11.3 Å². The van der Waals surface area contributed by atoms with Crippen LogP contribution in [0.25, 0.3) is 0 Å². The molecule has 0 aliphatic heterocycles. The third-order valence-electron chi connectivity index (χ3n) is 4.08. The minimum atomic E-state index is -0.273. The van der Waals surface area contributed by atoms with Crippen LogP contribution in [0.5, 0.6) is 0 Å². The summed E-state index contributed by atoms with van der Waals surface area (Å²) in [5.41, 5.74) is 1.78. The van der Waals surface area contributed by atoms with Gasteiger partial charge in [0, 0.05) is 24.2 Å². The lowest BCUT2D eigenvalue weighted by molar-refractivity contribution is 0.0527. The summed E-state index contributed by atoms with van der Waals surface area (Å²) in [4.78, 5) is 13.8. The molecule has 1 aliphatic rings. The van der Waals surface area contributed by atoms with E-state index in [1.165, 1.54) is 11.3 Å². The molecule has 0 bridgehead atoms. The Morgan fingerprint density at radius 3 is 2.88 bits per heavy atom. The van der Waals surface area contributed by atoms with Crippen LogP contribution in [0.4, 0.5) is 10.8 Å². The van der Waals surface area contributed by atoms with Gasteiger partial charge in [-0.2, -0.15) is 5.10 Å². The van der Waals surface area contributed by atoms with E-state index < -0.39 is 0 Å². The molecule has 2 aromatic heterocycles. The number of nitrogens with zero attached hydrogens (tertiary/aromatic N) is 2. The molecule has 0 radical (unpaired) electrons. The Balaban J connectivity index is 1.84. The fourth-order valence-electron chi connectivity index (χ4n) is 2.98. The minimum absolute atomic E-state index is 0.273. The van der Waals surface area contributed by atoms with Gasteiger partial charge in [0.15, 0.2) is 10.9 Å². The number of anilines is 2. The van der Waals surface area contributed by atoms with Crippen LogP contribution >= 0.6 is 23.6 Å². The van der Waals surface area contributed by atoms with Crippen molar-refractivity contribution in [2.75, 3.05) is 17.2 Å². The second-order valence-electron chi connectivity index (χ2n) is 5.94. The second kappa shape index (κ2) is 7.97. The summed E-state index contributed by atoms with van der Waals surface area (Å²) in [5, 5.41) is 11.6. The highest BCUT2D eigenvalue weighted by atomic mass is 32.1. The Morgan fingerprint density at radius 2 is 2.16 bits per heavy atom. The van der Waals surface area contributed by atoms with E-state index in [-0.39, 0.29) is 5.97 Å². The van der Waals surface area contributed by atoms with Crippen molar-refractivity contribution in [3.8, 4) is 0 Å². The quantitative estimate of drug-likeness (QED) is 0.480.